The van der Waals surface area contributed by atoms with E-state index in [1.165, 1.54) is 7.11 Å². The van der Waals surface area contributed by atoms with E-state index in [-0.39, 0.29) is 12.4 Å². The van der Waals surface area contributed by atoms with Crippen LogP contribution in [0.5, 0.6) is 5.75 Å². The van der Waals surface area contributed by atoms with E-state index >= 15 is 0 Å². The van der Waals surface area contributed by atoms with Crippen molar-refractivity contribution in [2.75, 3.05) is 13.7 Å². The Morgan fingerprint density at radius 3 is 2.43 bits per heavy atom. The van der Waals surface area contributed by atoms with E-state index in [2.05, 4.69) is 15.9 Å². The number of methoxy groups -OCH3 is 1. The van der Waals surface area contributed by atoms with Crippen molar-refractivity contribution in [3.63, 3.8) is 0 Å². The molecule has 0 aliphatic rings. The molecule has 23 heavy (non-hydrogen) atoms. The van der Waals surface area contributed by atoms with Crippen LogP contribution < -0.4 is 4.74 Å². The lowest BCUT2D eigenvalue weighted by atomic mass is 10.1. The number of aromatic nitrogens is 1. The van der Waals surface area contributed by atoms with Crippen molar-refractivity contribution in [3.05, 3.63) is 51.3 Å². The van der Waals surface area contributed by atoms with Crippen LogP contribution >= 0.6 is 15.9 Å². The predicted molar refractivity (Wildman–Crippen MR) is 90.2 cm³/mol. The van der Waals surface area contributed by atoms with Crippen LogP contribution in [0, 0.1) is 13.8 Å². The minimum absolute atomic E-state index is 0.224. The quantitative estimate of drug-likeness (QED) is 0.589. The maximum atomic E-state index is 12.2. The number of ketones is 1. The van der Waals surface area contributed by atoms with Crippen molar-refractivity contribution >= 4 is 27.7 Å². The first-order valence-corrected chi connectivity index (χ1v) is 7.81. The van der Waals surface area contributed by atoms with Crippen molar-refractivity contribution in [2.45, 2.75) is 13.8 Å². The number of carbonyl (C=O) groups excluding carboxylic acids is 2. The third-order valence-electron chi connectivity index (χ3n) is 3.80. The van der Waals surface area contributed by atoms with Gasteiger partial charge in [0.1, 0.15) is 5.75 Å². The Morgan fingerprint density at radius 1 is 1.17 bits per heavy atom. The smallest absolute Gasteiger partial charge is 0.339 e. The van der Waals surface area contributed by atoms with Gasteiger partial charge in [0.2, 0.25) is 5.78 Å². The van der Waals surface area contributed by atoms with Gasteiger partial charge in [0.15, 0.2) is 6.61 Å². The molecule has 5 nitrogen and oxygen atoms in total. The second-order valence-corrected chi connectivity index (χ2v) is 6.04. The largest absolute Gasteiger partial charge is 0.497 e. The van der Waals surface area contributed by atoms with E-state index < -0.39 is 5.97 Å². The van der Waals surface area contributed by atoms with Crippen molar-refractivity contribution < 1.29 is 19.1 Å². The maximum absolute atomic E-state index is 12.2. The molecule has 0 fully saturated rings. The highest BCUT2D eigenvalue weighted by atomic mass is 79.9. The van der Waals surface area contributed by atoms with E-state index in [0.717, 1.165) is 11.4 Å². The molecule has 0 amide bonds. The fourth-order valence-electron chi connectivity index (χ4n) is 2.21. The van der Waals surface area contributed by atoms with Crippen LogP contribution in [0.3, 0.4) is 0 Å². The number of aryl methyl sites for hydroxylation is 1. The van der Waals surface area contributed by atoms with Gasteiger partial charge in [-0.3, -0.25) is 4.79 Å². The van der Waals surface area contributed by atoms with Gasteiger partial charge >= 0.3 is 5.97 Å². The zero-order chi connectivity index (χ0) is 17.1. The summed E-state index contributed by atoms with van der Waals surface area (Å²) in [6.45, 7) is 3.48. The van der Waals surface area contributed by atoms with Gasteiger partial charge < -0.3 is 14.0 Å². The average Bonchev–Trinajstić information content (AvgIpc) is 2.80. The zero-order valence-electron chi connectivity index (χ0n) is 13.5. The van der Waals surface area contributed by atoms with Crippen LogP contribution in [0.1, 0.15) is 32.1 Å². The predicted octanol–water partition coefficient (Wildman–Crippen LogP) is 3.45. The molecule has 0 saturated heterocycles. The Bertz CT molecular complexity index is 764. The molecule has 0 aliphatic carbocycles. The van der Waals surface area contributed by atoms with Gasteiger partial charge in [0.25, 0.3) is 0 Å². The molecule has 1 heterocycles. The third-order valence-corrected chi connectivity index (χ3v) is 4.49. The summed E-state index contributed by atoms with van der Waals surface area (Å²) in [5.41, 5.74) is 2.72. The van der Waals surface area contributed by atoms with Crippen LogP contribution in [0.4, 0.5) is 0 Å². The van der Waals surface area contributed by atoms with Crippen molar-refractivity contribution in [1.29, 1.82) is 0 Å². The second kappa shape index (κ2) is 7.00. The number of Topliss-reactive ketones (excluding diaryl/α,β-unsaturated/α-hetero) is 1. The van der Waals surface area contributed by atoms with Gasteiger partial charge in [-0.2, -0.15) is 0 Å². The van der Waals surface area contributed by atoms with Crippen LogP contribution in [-0.4, -0.2) is 30.0 Å². The van der Waals surface area contributed by atoms with Crippen molar-refractivity contribution in [2.24, 2.45) is 7.05 Å². The lowest BCUT2D eigenvalue weighted by Crippen LogP contribution is -2.15. The van der Waals surface area contributed by atoms with Gasteiger partial charge in [-0.15, -0.1) is 0 Å². The molecule has 0 saturated carbocycles. The number of rotatable bonds is 5. The molecule has 2 rings (SSSR count). The summed E-state index contributed by atoms with van der Waals surface area (Å²) < 4.78 is 12.7. The number of hydrogen-bond acceptors (Lipinski definition) is 4. The summed E-state index contributed by atoms with van der Waals surface area (Å²) in [6.07, 6.45) is 0. The van der Waals surface area contributed by atoms with E-state index in [9.17, 15) is 9.59 Å². The molecule has 0 atom stereocenters. The van der Waals surface area contributed by atoms with Gasteiger partial charge in [-0.05, 0) is 54.0 Å². The monoisotopic (exact) mass is 379 g/mol. The summed E-state index contributed by atoms with van der Waals surface area (Å²) in [4.78, 5) is 24.4. The minimum Gasteiger partial charge on any atom is -0.497 e. The third kappa shape index (κ3) is 3.64. The van der Waals surface area contributed by atoms with Gasteiger partial charge in [0, 0.05) is 28.5 Å². The maximum Gasteiger partial charge on any atom is 0.339 e. The molecular formula is C17H18BrNO4. The number of nitrogens with zero attached hydrogens (tertiary/aromatic N) is 1. The summed E-state index contributed by atoms with van der Waals surface area (Å²) in [5.74, 6) is -0.256. The minimum atomic E-state index is -0.575. The first kappa shape index (κ1) is 17.3. The molecule has 1 aromatic heterocycles. The highest BCUT2D eigenvalue weighted by Gasteiger charge is 2.18. The lowest BCUT2D eigenvalue weighted by Gasteiger charge is -2.08. The Labute approximate surface area is 143 Å². The fraction of sp³-hybridized carbons (Fsp3) is 0.294. The number of esters is 1. The Kier molecular flexibility index (Phi) is 5.26. The first-order chi connectivity index (χ1) is 10.8. The molecular weight excluding hydrogens is 362 g/mol. The van der Waals surface area contributed by atoms with E-state index in [0.29, 0.717) is 21.3 Å². The normalized spacial score (nSPS) is 10.5. The highest BCUT2D eigenvalue weighted by molar-refractivity contribution is 9.10. The van der Waals surface area contributed by atoms with Gasteiger partial charge in [0.05, 0.1) is 12.7 Å². The molecule has 0 radical (unpaired) electrons. The molecule has 2 aromatic rings. The second-order valence-electron chi connectivity index (χ2n) is 5.19. The standard InChI is InChI=1S/C17H18BrNO4/c1-10-7-13(11(2)19(10)3)16(20)9-23-17(21)14-8-12(22-4)5-6-15(14)18/h5-8H,9H2,1-4H3. The van der Waals surface area contributed by atoms with Crippen molar-refractivity contribution in [1.82, 2.24) is 4.57 Å². The highest BCUT2D eigenvalue weighted by Crippen LogP contribution is 2.23. The molecule has 0 aliphatic heterocycles. The number of carbonyl (C=O) groups is 2. The molecule has 0 unspecified atom stereocenters. The van der Waals surface area contributed by atoms with Crippen LogP contribution in [-0.2, 0) is 11.8 Å². The van der Waals surface area contributed by atoms with Crippen LogP contribution in [0.2, 0.25) is 0 Å². The molecule has 0 bridgehead atoms. The molecule has 1 aromatic carbocycles. The molecule has 122 valence electrons. The molecule has 0 N–H and O–H groups in total. The molecule has 0 spiro atoms. The summed E-state index contributed by atoms with van der Waals surface area (Å²) in [7, 11) is 3.41. The Morgan fingerprint density at radius 2 is 1.87 bits per heavy atom. The van der Waals surface area contributed by atoms with Gasteiger partial charge in [-0.25, -0.2) is 4.79 Å². The van der Waals surface area contributed by atoms with E-state index in [4.69, 9.17) is 9.47 Å². The lowest BCUT2D eigenvalue weighted by molar-refractivity contribution is 0.0473. The number of benzene rings is 1. The van der Waals surface area contributed by atoms with Crippen LogP contribution in [0.15, 0.2) is 28.7 Å². The first-order valence-electron chi connectivity index (χ1n) is 7.02. The van der Waals surface area contributed by atoms with Gasteiger partial charge in [-0.1, -0.05) is 0 Å². The summed E-state index contributed by atoms with van der Waals surface area (Å²) in [6, 6.07) is 6.78. The zero-order valence-corrected chi connectivity index (χ0v) is 15.1. The number of halogens is 1. The SMILES string of the molecule is COc1ccc(Br)c(C(=O)OCC(=O)c2cc(C)n(C)c2C)c1. The van der Waals surface area contributed by atoms with Crippen LogP contribution in [0.25, 0.3) is 0 Å². The number of ether oxygens (including phenoxy) is 2. The van der Waals surface area contributed by atoms with E-state index in [1.54, 1.807) is 24.3 Å². The summed E-state index contributed by atoms with van der Waals surface area (Å²) in [5, 5.41) is 0. The molecule has 6 heteroatoms. The fourth-order valence-corrected chi connectivity index (χ4v) is 2.62. The average molecular weight is 380 g/mol. The Hall–Kier alpha value is -2.08. The topological polar surface area (TPSA) is 57.5 Å². The summed E-state index contributed by atoms with van der Waals surface area (Å²) >= 11 is 3.29. The van der Waals surface area contributed by atoms with E-state index in [1.807, 2.05) is 25.5 Å². The Balaban J connectivity index is 2.10. The van der Waals surface area contributed by atoms with Crippen molar-refractivity contribution in [3.8, 4) is 5.75 Å². The number of hydrogen-bond donors (Lipinski definition) is 0.